The first-order valence-electron chi connectivity index (χ1n) is 5.90. The highest BCUT2D eigenvalue weighted by atomic mass is 35.5. The van der Waals surface area contributed by atoms with Crippen LogP contribution in [0.25, 0.3) is 21.9 Å². The van der Waals surface area contributed by atoms with Gasteiger partial charge in [-0.3, -0.25) is 0 Å². The van der Waals surface area contributed by atoms with Gasteiger partial charge in [0.15, 0.2) is 0 Å². The Morgan fingerprint density at radius 1 is 0.800 bits per heavy atom. The van der Waals surface area contributed by atoms with Crippen LogP contribution >= 0.6 is 34.8 Å². The summed E-state index contributed by atoms with van der Waals surface area (Å²) in [4.78, 5) is 0. The molecule has 0 saturated carbocycles. The van der Waals surface area contributed by atoms with E-state index in [9.17, 15) is 4.39 Å². The highest BCUT2D eigenvalue weighted by molar-refractivity contribution is 6.41. The number of hydrogen-bond acceptors (Lipinski definition) is 0. The summed E-state index contributed by atoms with van der Waals surface area (Å²) in [5.41, 5.74) is 0.830. The van der Waals surface area contributed by atoms with Crippen LogP contribution in [0.5, 0.6) is 0 Å². The van der Waals surface area contributed by atoms with Crippen molar-refractivity contribution in [2.24, 2.45) is 0 Å². The molecule has 0 unspecified atom stereocenters. The Hall–Kier alpha value is -1.28. The van der Waals surface area contributed by atoms with Crippen LogP contribution in [0, 0.1) is 5.82 Å². The maximum absolute atomic E-state index is 14.7. The molecule has 20 heavy (non-hydrogen) atoms. The van der Waals surface area contributed by atoms with Gasteiger partial charge >= 0.3 is 0 Å². The third-order valence-corrected chi connectivity index (χ3v) is 3.95. The van der Waals surface area contributed by atoms with Crippen LogP contribution in [-0.4, -0.2) is 0 Å². The predicted octanol–water partition coefficient (Wildman–Crippen LogP) is 6.61. The second-order valence-corrected chi connectivity index (χ2v) is 5.64. The van der Waals surface area contributed by atoms with Crippen molar-refractivity contribution in [3.05, 3.63) is 69.4 Å². The summed E-state index contributed by atoms with van der Waals surface area (Å²) in [6.07, 6.45) is 0. The first-order chi connectivity index (χ1) is 9.58. The minimum Gasteiger partial charge on any atom is -0.206 e. The molecule has 4 heteroatoms. The van der Waals surface area contributed by atoms with Gasteiger partial charge in [-0.05, 0) is 17.5 Å². The molecule has 0 bridgehead atoms. The van der Waals surface area contributed by atoms with Gasteiger partial charge in [0, 0.05) is 21.5 Å². The Balaban J connectivity index is 2.33. The average molecular weight is 326 g/mol. The molecule has 0 atom stereocenters. The van der Waals surface area contributed by atoms with Crippen LogP contribution in [0.3, 0.4) is 0 Å². The molecule has 0 aliphatic rings. The molecule has 3 rings (SSSR count). The topological polar surface area (TPSA) is 0 Å². The lowest BCUT2D eigenvalue weighted by molar-refractivity contribution is 0.643. The zero-order valence-electron chi connectivity index (χ0n) is 10.1. The second kappa shape index (κ2) is 5.25. The number of hydrogen-bond donors (Lipinski definition) is 0. The fourth-order valence-corrected chi connectivity index (χ4v) is 3.25. The van der Waals surface area contributed by atoms with Gasteiger partial charge in [0.2, 0.25) is 0 Å². The highest BCUT2D eigenvalue weighted by Crippen LogP contribution is 2.39. The SMILES string of the molecule is Fc1c(-c2c(Cl)cc(Cl)cc2Cl)ccc2ccccc12. The van der Waals surface area contributed by atoms with Gasteiger partial charge in [0.1, 0.15) is 5.82 Å². The van der Waals surface area contributed by atoms with Gasteiger partial charge in [-0.1, -0.05) is 71.2 Å². The van der Waals surface area contributed by atoms with Crippen molar-refractivity contribution in [3.63, 3.8) is 0 Å². The molecule has 0 aliphatic carbocycles. The molecule has 0 spiro atoms. The van der Waals surface area contributed by atoms with Crippen molar-refractivity contribution in [2.45, 2.75) is 0 Å². The van der Waals surface area contributed by atoms with E-state index in [-0.39, 0.29) is 5.82 Å². The minimum atomic E-state index is -0.339. The van der Waals surface area contributed by atoms with Crippen molar-refractivity contribution in [1.29, 1.82) is 0 Å². The molecule has 0 aromatic heterocycles. The molecule has 0 fully saturated rings. The summed E-state index contributed by atoms with van der Waals surface area (Å²) < 4.78 is 14.7. The maximum Gasteiger partial charge on any atom is 0.138 e. The third-order valence-electron chi connectivity index (χ3n) is 3.14. The third kappa shape index (κ3) is 2.26. The number of fused-ring (bicyclic) bond motifs is 1. The van der Waals surface area contributed by atoms with Crippen molar-refractivity contribution < 1.29 is 4.39 Å². The lowest BCUT2D eigenvalue weighted by Gasteiger charge is -2.11. The highest BCUT2D eigenvalue weighted by Gasteiger charge is 2.15. The summed E-state index contributed by atoms with van der Waals surface area (Å²) in [6.45, 7) is 0. The molecule has 3 aromatic carbocycles. The quantitative estimate of drug-likeness (QED) is 0.472. The van der Waals surface area contributed by atoms with Crippen molar-refractivity contribution >= 4 is 45.6 Å². The van der Waals surface area contributed by atoms with Gasteiger partial charge in [-0.25, -0.2) is 4.39 Å². The van der Waals surface area contributed by atoms with Crippen molar-refractivity contribution in [1.82, 2.24) is 0 Å². The van der Waals surface area contributed by atoms with E-state index in [2.05, 4.69) is 0 Å². The zero-order valence-corrected chi connectivity index (χ0v) is 12.4. The molecule has 100 valence electrons. The Morgan fingerprint density at radius 2 is 1.45 bits per heavy atom. The summed E-state index contributed by atoms with van der Waals surface area (Å²) in [6, 6.07) is 13.9. The second-order valence-electron chi connectivity index (χ2n) is 4.39. The first kappa shape index (κ1) is 13.7. The van der Waals surface area contributed by atoms with E-state index < -0.39 is 0 Å². The van der Waals surface area contributed by atoms with E-state index >= 15 is 0 Å². The van der Waals surface area contributed by atoms with Gasteiger partial charge in [-0.15, -0.1) is 0 Å². The van der Waals surface area contributed by atoms with Crippen LogP contribution < -0.4 is 0 Å². The summed E-state index contributed by atoms with van der Waals surface area (Å²) in [5.74, 6) is -0.339. The lowest BCUT2D eigenvalue weighted by Crippen LogP contribution is -1.89. The summed E-state index contributed by atoms with van der Waals surface area (Å²) in [7, 11) is 0. The van der Waals surface area contributed by atoms with Gasteiger partial charge in [0.25, 0.3) is 0 Å². The van der Waals surface area contributed by atoms with Crippen molar-refractivity contribution in [3.8, 4) is 11.1 Å². The molecular formula is C16H8Cl3F. The lowest BCUT2D eigenvalue weighted by atomic mass is 10.00. The molecule has 0 nitrogen and oxygen atoms in total. The van der Waals surface area contributed by atoms with Crippen LogP contribution in [0.2, 0.25) is 15.1 Å². The van der Waals surface area contributed by atoms with Crippen LogP contribution in [-0.2, 0) is 0 Å². The molecule has 0 amide bonds. The van der Waals surface area contributed by atoms with Crippen LogP contribution in [0.15, 0.2) is 48.5 Å². The van der Waals surface area contributed by atoms with E-state index in [0.29, 0.717) is 31.6 Å². The van der Waals surface area contributed by atoms with E-state index in [1.54, 1.807) is 30.3 Å². The number of halogens is 4. The molecular weight excluding hydrogens is 318 g/mol. The Morgan fingerprint density at radius 3 is 2.15 bits per heavy atom. The van der Waals surface area contributed by atoms with Gasteiger partial charge < -0.3 is 0 Å². The molecule has 0 aliphatic heterocycles. The smallest absolute Gasteiger partial charge is 0.138 e. The Labute approximate surface area is 130 Å². The van der Waals surface area contributed by atoms with E-state index in [1.165, 1.54) is 0 Å². The summed E-state index contributed by atoms with van der Waals surface area (Å²) in [5, 5.41) is 2.44. The van der Waals surface area contributed by atoms with Gasteiger partial charge in [0.05, 0.1) is 10.0 Å². The Kier molecular flexibility index (Phi) is 3.59. The maximum atomic E-state index is 14.7. The molecule has 0 saturated heterocycles. The fraction of sp³-hybridized carbons (Fsp3) is 0. The largest absolute Gasteiger partial charge is 0.206 e. The fourth-order valence-electron chi connectivity index (χ4n) is 2.23. The number of rotatable bonds is 1. The van der Waals surface area contributed by atoms with Gasteiger partial charge in [-0.2, -0.15) is 0 Å². The minimum absolute atomic E-state index is 0.330. The standard InChI is InChI=1S/C16H8Cl3F/c17-10-7-13(18)15(14(19)8-10)12-6-5-9-3-1-2-4-11(9)16(12)20/h1-8H. The van der Waals surface area contributed by atoms with Crippen LogP contribution in [0.1, 0.15) is 0 Å². The number of benzene rings is 3. The Bertz CT molecular complexity index is 789. The monoisotopic (exact) mass is 324 g/mol. The first-order valence-corrected chi connectivity index (χ1v) is 7.03. The summed E-state index contributed by atoms with van der Waals surface area (Å²) >= 11 is 18.2. The normalized spacial score (nSPS) is 11.0. The zero-order chi connectivity index (χ0) is 14.3. The molecule has 0 radical (unpaired) electrons. The average Bonchev–Trinajstić information content (AvgIpc) is 2.40. The van der Waals surface area contributed by atoms with Crippen molar-refractivity contribution in [2.75, 3.05) is 0 Å². The van der Waals surface area contributed by atoms with E-state index in [1.807, 2.05) is 18.2 Å². The van der Waals surface area contributed by atoms with E-state index in [0.717, 1.165) is 5.39 Å². The van der Waals surface area contributed by atoms with E-state index in [4.69, 9.17) is 34.8 Å². The van der Waals surface area contributed by atoms with Crippen LogP contribution in [0.4, 0.5) is 4.39 Å². The predicted molar refractivity (Wildman–Crippen MR) is 84.4 cm³/mol. The molecule has 0 N–H and O–H groups in total. The molecule has 3 aromatic rings. The molecule has 0 heterocycles.